The van der Waals surface area contributed by atoms with Gasteiger partial charge in [0, 0.05) is 11.1 Å². The molecule has 0 aliphatic heterocycles. The Morgan fingerprint density at radius 2 is 1.54 bits per heavy atom. The van der Waals surface area contributed by atoms with Gasteiger partial charge in [0.1, 0.15) is 5.75 Å². The lowest BCUT2D eigenvalue weighted by atomic mass is 10.1. The maximum Gasteiger partial charge on any atom is 0.119 e. The zero-order valence-electron chi connectivity index (χ0n) is 14.4. The van der Waals surface area contributed by atoms with Crippen LogP contribution in [0.15, 0.2) is 58.4 Å². The van der Waals surface area contributed by atoms with Crippen molar-refractivity contribution in [1.82, 2.24) is 0 Å². The SMILES string of the molecule is CCCCCCCCOc1ccc(C=Nc2ccc(S)cc2)cc1. The van der Waals surface area contributed by atoms with Crippen molar-refractivity contribution in [2.75, 3.05) is 6.61 Å². The summed E-state index contributed by atoms with van der Waals surface area (Å²) in [5.74, 6) is 0.931. The molecule has 0 radical (unpaired) electrons. The lowest BCUT2D eigenvalue weighted by Crippen LogP contribution is -1.97. The number of rotatable bonds is 10. The molecule has 0 aliphatic carbocycles. The van der Waals surface area contributed by atoms with Gasteiger partial charge in [-0.3, -0.25) is 4.99 Å². The number of hydrogen-bond acceptors (Lipinski definition) is 3. The van der Waals surface area contributed by atoms with Gasteiger partial charge in [0.15, 0.2) is 0 Å². The van der Waals surface area contributed by atoms with Gasteiger partial charge in [-0.05, 0) is 60.5 Å². The molecule has 0 atom stereocenters. The van der Waals surface area contributed by atoms with E-state index in [1.165, 1.54) is 32.1 Å². The molecule has 0 saturated heterocycles. The van der Waals surface area contributed by atoms with Crippen LogP contribution in [0, 0.1) is 0 Å². The fourth-order valence-electron chi connectivity index (χ4n) is 2.41. The summed E-state index contributed by atoms with van der Waals surface area (Å²) in [7, 11) is 0. The number of hydrogen-bond donors (Lipinski definition) is 1. The summed E-state index contributed by atoms with van der Waals surface area (Å²) in [6, 6.07) is 15.9. The van der Waals surface area contributed by atoms with Crippen molar-refractivity contribution in [3.8, 4) is 5.75 Å². The van der Waals surface area contributed by atoms with E-state index in [0.29, 0.717) is 0 Å². The van der Waals surface area contributed by atoms with Gasteiger partial charge in [-0.25, -0.2) is 0 Å². The summed E-state index contributed by atoms with van der Waals surface area (Å²) in [6.45, 7) is 3.05. The molecule has 2 nitrogen and oxygen atoms in total. The fraction of sp³-hybridized carbons (Fsp3) is 0.381. The average molecular weight is 342 g/mol. The molecule has 0 heterocycles. The normalized spacial score (nSPS) is 11.1. The van der Waals surface area contributed by atoms with E-state index in [9.17, 15) is 0 Å². The van der Waals surface area contributed by atoms with Gasteiger partial charge >= 0.3 is 0 Å². The standard InChI is InChI=1S/C21H27NOS/c1-2-3-4-5-6-7-16-23-20-12-8-18(9-13-20)17-22-19-10-14-21(24)15-11-19/h8-15,17,24H,2-7,16H2,1H3. The highest BCUT2D eigenvalue weighted by Gasteiger charge is 1.95. The minimum absolute atomic E-state index is 0.801. The zero-order chi connectivity index (χ0) is 17.0. The summed E-state index contributed by atoms with van der Waals surface area (Å²) in [5, 5.41) is 0. The van der Waals surface area contributed by atoms with Crippen LogP contribution in [0.4, 0.5) is 5.69 Å². The molecule has 0 bridgehead atoms. The first kappa shape index (κ1) is 18.6. The first-order chi connectivity index (χ1) is 11.8. The Kier molecular flexibility index (Phi) is 8.47. The van der Waals surface area contributed by atoms with Crippen molar-refractivity contribution < 1.29 is 4.74 Å². The molecular weight excluding hydrogens is 314 g/mol. The summed E-state index contributed by atoms with van der Waals surface area (Å²) in [4.78, 5) is 5.40. The Balaban J connectivity index is 1.71. The lowest BCUT2D eigenvalue weighted by Gasteiger charge is -2.06. The van der Waals surface area contributed by atoms with Crippen LogP contribution in [0.2, 0.25) is 0 Å². The van der Waals surface area contributed by atoms with Gasteiger partial charge < -0.3 is 4.74 Å². The van der Waals surface area contributed by atoms with Gasteiger partial charge in [-0.1, -0.05) is 39.0 Å². The minimum atomic E-state index is 0.801. The Morgan fingerprint density at radius 3 is 2.25 bits per heavy atom. The molecule has 0 aliphatic rings. The molecule has 0 fully saturated rings. The molecule has 24 heavy (non-hydrogen) atoms. The number of nitrogens with zero attached hydrogens (tertiary/aromatic N) is 1. The molecule has 0 saturated carbocycles. The maximum absolute atomic E-state index is 5.79. The smallest absolute Gasteiger partial charge is 0.119 e. The van der Waals surface area contributed by atoms with Crippen LogP contribution in [0.5, 0.6) is 5.75 Å². The number of unbranched alkanes of at least 4 members (excludes halogenated alkanes) is 5. The molecule has 0 unspecified atom stereocenters. The van der Waals surface area contributed by atoms with Gasteiger partial charge in [-0.2, -0.15) is 0 Å². The van der Waals surface area contributed by atoms with Crippen molar-refractivity contribution in [3.63, 3.8) is 0 Å². The van der Waals surface area contributed by atoms with Crippen LogP contribution in [-0.2, 0) is 0 Å². The van der Waals surface area contributed by atoms with Crippen LogP contribution in [0.1, 0.15) is 51.0 Å². The van der Waals surface area contributed by atoms with Crippen molar-refractivity contribution in [1.29, 1.82) is 0 Å². The first-order valence-electron chi connectivity index (χ1n) is 8.84. The number of ether oxygens (including phenoxy) is 1. The Morgan fingerprint density at radius 1 is 0.875 bits per heavy atom. The molecule has 0 spiro atoms. The van der Waals surface area contributed by atoms with Crippen molar-refractivity contribution in [2.24, 2.45) is 4.99 Å². The first-order valence-corrected chi connectivity index (χ1v) is 9.28. The van der Waals surface area contributed by atoms with E-state index in [4.69, 9.17) is 4.74 Å². The van der Waals surface area contributed by atoms with Crippen LogP contribution >= 0.6 is 12.6 Å². The van der Waals surface area contributed by atoms with Crippen LogP contribution in [0.3, 0.4) is 0 Å². The maximum atomic E-state index is 5.79. The largest absolute Gasteiger partial charge is 0.494 e. The topological polar surface area (TPSA) is 21.6 Å². The molecule has 2 aromatic rings. The van der Waals surface area contributed by atoms with Gasteiger partial charge in [0.25, 0.3) is 0 Å². The number of aliphatic imine (C=N–C) groups is 1. The predicted octanol–water partition coefficient (Wildman–Crippen LogP) is 6.47. The molecule has 2 aromatic carbocycles. The van der Waals surface area contributed by atoms with Crippen molar-refractivity contribution in [2.45, 2.75) is 50.3 Å². The third-order valence-corrected chi connectivity index (χ3v) is 4.16. The molecular formula is C21H27NOS. The van der Waals surface area contributed by atoms with E-state index in [1.54, 1.807) is 0 Å². The second-order valence-corrected chi connectivity index (χ2v) is 6.48. The van der Waals surface area contributed by atoms with Crippen LogP contribution in [0.25, 0.3) is 0 Å². The van der Waals surface area contributed by atoms with E-state index in [1.807, 2.05) is 54.7 Å². The van der Waals surface area contributed by atoms with E-state index >= 15 is 0 Å². The minimum Gasteiger partial charge on any atom is -0.494 e. The third-order valence-electron chi connectivity index (χ3n) is 3.86. The Labute approximate surface area is 151 Å². The molecule has 2 rings (SSSR count). The molecule has 0 amide bonds. The van der Waals surface area contributed by atoms with Crippen molar-refractivity contribution >= 4 is 24.5 Å². The molecule has 0 aromatic heterocycles. The Hall–Kier alpha value is -1.74. The van der Waals surface area contributed by atoms with E-state index in [2.05, 4.69) is 24.5 Å². The second-order valence-electron chi connectivity index (χ2n) is 5.96. The predicted molar refractivity (Wildman–Crippen MR) is 106 cm³/mol. The number of benzene rings is 2. The van der Waals surface area contributed by atoms with E-state index in [-0.39, 0.29) is 0 Å². The fourth-order valence-corrected chi connectivity index (χ4v) is 2.56. The summed E-state index contributed by atoms with van der Waals surface area (Å²) >= 11 is 4.27. The zero-order valence-corrected chi connectivity index (χ0v) is 15.3. The van der Waals surface area contributed by atoms with Crippen molar-refractivity contribution in [3.05, 3.63) is 54.1 Å². The second kappa shape index (κ2) is 10.9. The molecule has 3 heteroatoms. The van der Waals surface area contributed by atoms with Crippen LogP contribution < -0.4 is 4.74 Å². The quantitative estimate of drug-likeness (QED) is 0.299. The average Bonchev–Trinajstić information content (AvgIpc) is 2.61. The number of thiol groups is 1. The summed E-state index contributed by atoms with van der Waals surface area (Å²) < 4.78 is 5.79. The van der Waals surface area contributed by atoms with Gasteiger partial charge in [0.05, 0.1) is 12.3 Å². The highest BCUT2D eigenvalue weighted by molar-refractivity contribution is 7.80. The lowest BCUT2D eigenvalue weighted by molar-refractivity contribution is 0.304. The third kappa shape index (κ3) is 7.22. The Bertz CT molecular complexity index is 605. The van der Waals surface area contributed by atoms with Crippen LogP contribution in [-0.4, -0.2) is 12.8 Å². The van der Waals surface area contributed by atoms with E-state index < -0.39 is 0 Å². The highest BCUT2D eigenvalue weighted by atomic mass is 32.1. The van der Waals surface area contributed by atoms with E-state index in [0.717, 1.165) is 34.9 Å². The monoisotopic (exact) mass is 341 g/mol. The molecule has 128 valence electrons. The van der Waals surface area contributed by atoms with Gasteiger partial charge in [0.2, 0.25) is 0 Å². The highest BCUT2D eigenvalue weighted by Crippen LogP contribution is 2.16. The summed E-state index contributed by atoms with van der Waals surface area (Å²) in [5.41, 5.74) is 1.99. The summed E-state index contributed by atoms with van der Waals surface area (Å²) in [6.07, 6.45) is 9.58. The molecule has 0 N–H and O–H groups in total. The van der Waals surface area contributed by atoms with Gasteiger partial charge in [-0.15, -0.1) is 12.6 Å².